The van der Waals surface area contributed by atoms with Crippen LogP contribution in [-0.2, 0) is 12.7 Å². The summed E-state index contributed by atoms with van der Waals surface area (Å²) in [5, 5.41) is 11.2. The highest BCUT2D eigenvalue weighted by Gasteiger charge is 2.35. The lowest BCUT2D eigenvalue weighted by Gasteiger charge is -2.34. The molecular weight excluding hydrogens is 470 g/mol. The molecule has 35 heavy (non-hydrogen) atoms. The van der Waals surface area contributed by atoms with Crippen LogP contribution in [0.1, 0.15) is 21.7 Å². The van der Waals surface area contributed by atoms with Gasteiger partial charge in [-0.1, -0.05) is 0 Å². The number of nitrogens with one attached hydrogen (secondary N) is 3. The molecule has 2 aromatic carbocycles. The van der Waals surface area contributed by atoms with Gasteiger partial charge in [0.25, 0.3) is 5.91 Å². The van der Waals surface area contributed by atoms with Gasteiger partial charge in [0, 0.05) is 37.4 Å². The molecule has 184 valence electrons. The highest BCUT2D eigenvalue weighted by Crippen LogP contribution is 2.37. The van der Waals surface area contributed by atoms with Crippen LogP contribution < -0.4 is 10.6 Å². The number of carbonyl (C=O) groups is 2. The van der Waals surface area contributed by atoms with Crippen LogP contribution in [0.3, 0.4) is 0 Å². The van der Waals surface area contributed by atoms with Gasteiger partial charge in [-0.2, -0.15) is 18.3 Å². The topological polar surface area (TPSA) is 106 Å². The minimum atomic E-state index is -4.78. The molecule has 2 heterocycles. The molecule has 0 aliphatic carbocycles. The van der Waals surface area contributed by atoms with Crippen LogP contribution in [0, 0.1) is 5.82 Å². The van der Waals surface area contributed by atoms with Crippen LogP contribution in [0.15, 0.2) is 48.8 Å². The lowest BCUT2D eigenvalue weighted by molar-refractivity contribution is -0.136. The van der Waals surface area contributed by atoms with E-state index in [1.165, 1.54) is 29.4 Å². The van der Waals surface area contributed by atoms with Gasteiger partial charge in [0.2, 0.25) is 0 Å². The molecule has 1 aliphatic rings. The second-order valence-corrected chi connectivity index (χ2v) is 7.84. The molecule has 9 nitrogen and oxygen atoms in total. The molecule has 0 bridgehead atoms. The number of H-pyrrole nitrogens is 1. The quantitative estimate of drug-likeness (QED) is 0.474. The zero-order valence-corrected chi connectivity index (χ0v) is 18.3. The van der Waals surface area contributed by atoms with Gasteiger partial charge in [0.1, 0.15) is 18.0 Å². The fourth-order valence-corrected chi connectivity index (χ4v) is 3.59. The summed E-state index contributed by atoms with van der Waals surface area (Å²) < 4.78 is 54.2. The summed E-state index contributed by atoms with van der Waals surface area (Å²) in [6.07, 6.45) is -3.38. The van der Waals surface area contributed by atoms with Gasteiger partial charge in [-0.3, -0.25) is 14.8 Å². The van der Waals surface area contributed by atoms with E-state index in [1.54, 1.807) is 0 Å². The van der Waals surface area contributed by atoms with Crippen molar-refractivity contribution in [2.45, 2.75) is 12.7 Å². The van der Waals surface area contributed by atoms with E-state index in [1.807, 2.05) is 4.90 Å². The molecule has 1 fully saturated rings. The lowest BCUT2D eigenvalue weighted by Crippen LogP contribution is -2.49. The first-order valence-electron chi connectivity index (χ1n) is 10.6. The van der Waals surface area contributed by atoms with Crippen molar-refractivity contribution >= 4 is 23.3 Å². The van der Waals surface area contributed by atoms with E-state index >= 15 is 0 Å². The number of halogens is 4. The van der Waals surface area contributed by atoms with Crippen LogP contribution in [0.4, 0.5) is 33.7 Å². The number of amides is 3. The molecule has 0 saturated carbocycles. The Balaban J connectivity index is 1.41. The molecule has 0 unspecified atom stereocenters. The zero-order valence-electron chi connectivity index (χ0n) is 18.3. The number of carbonyl (C=O) groups excluding carboxylic acids is 2. The molecule has 3 aromatic rings. The molecule has 1 aromatic heterocycles. The van der Waals surface area contributed by atoms with Crippen LogP contribution in [0.5, 0.6) is 0 Å². The summed E-state index contributed by atoms with van der Waals surface area (Å²) in [6.45, 7) is 2.22. The molecule has 3 amide bonds. The Hall–Kier alpha value is -4.00. The van der Waals surface area contributed by atoms with Gasteiger partial charge in [0.15, 0.2) is 0 Å². The molecular formula is C22H21F4N7O2. The summed E-state index contributed by atoms with van der Waals surface area (Å²) in [5.41, 5.74) is -1.57. The largest absolute Gasteiger partial charge is 0.418 e. The van der Waals surface area contributed by atoms with Gasteiger partial charge in [-0.15, -0.1) is 0 Å². The fraction of sp³-hybridized carbons (Fsp3) is 0.273. The Kier molecular flexibility index (Phi) is 6.96. The number of hydrogen-bond donors (Lipinski definition) is 3. The van der Waals surface area contributed by atoms with Crippen molar-refractivity contribution in [1.29, 1.82) is 0 Å². The number of aromatic nitrogens is 3. The molecule has 0 spiro atoms. The number of hydrogen-bond acceptors (Lipinski definition) is 5. The molecule has 1 aliphatic heterocycles. The number of anilines is 2. The van der Waals surface area contributed by atoms with Crippen LogP contribution >= 0.6 is 0 Å². The smallest absolute Gasteiger partial charge is 0.322 e. The minimum absolute atomic E-state index is 0.0831. The molecule has 0 atom stereocenters. The SMILES string of the molecule is O=C(Nc1ccc(NC(=O)N2CCN(Cc3ncn[nH]3)CC2)c(C(F)(F)F)c1)c1ccc(F)cc1. The van der Waals surface area contributed by atoms with Gasteiger partial charge in [0.05, 0.1) is 17.8 Å². The first-order chi connectivity index (χ1) is 16.7. The second-order valence-electron chi connectivity index (χ2n) is 7.84. The third-order valence-corrected chi connectivity index (χ3v) is 5.43. The zero-order chi connectivity index (χ0) is 25.0. The molecule has 3 N–H and O–H groups in total. The van der Waals surface area contributed by atoms with Crippen molar-refractivity contribution in [3.05, 3.63) is 71.6 Å². The van der Waals surface area contributed by atoms with Gasteiger partial charge >= 0.3 is 12.2 Å². The fourth-order valence-electron chi connectivity index (χ4n) is 3.59. The van der Waals surface area contributed by atoms with E-state index < -0.39 is 35.2 Å². The highest BCUT2D eigenvalue weighted by atomic mass is 19.4. The van der Waals surface area contributed by atoms with E-state index in [2.05, 4.69) is 25.8 Å². The number of alkyl halides is 3. The summed E-state index contributed by atoms with van der Waals surface area (Å²) in [4.78, 5) is 32.5. The van der Waals surface area contributed by atoms with Crippen molar-refractivity contribution in [3.63, 3.8) is 0 Å². The van der Waals surface area contributed by atoms with Crippen molar-refractivity contribution in [2.75, 3.05) is 36.8 Å². The summed E-state index contributed by atoms with van der Waals surface area (Å²) in [6, 6.07) is 7.00. The Morgan fingerprint density at radius 3 is 2.34 bits per heavy atom. The van der Waals surface area contributed by atoms with Crippen LogP contribution in [-0.4, -0.2) is 63.1 Å². The first-order valence-corrected chi connectivity index (χ1v) is 10.6. The summed E-state index contributed by atoms with van der Waals surface area (Å²) in [5.74, 6) is -0.556. The Morgan fingerprint density at radius 1 is 1.00 bits per heavy atom. The van der Waals surface area contributed by atoms with Crippen molar-refractivity contribution in [1.82, 2.24) is 25.0 Å². The van der Waals surface area contributed by atoms with Crippen molar-refractivity contribution < 1.29 is 27.2 Å². The van der Waals surface area contributed by atoms with E-state index in [0.717, 1.165) is 24.3 Å². The standard InChI is InChI=1S/C22H21F4N7O2/c23-15-3-1-14(2-4-15)20(34)29-16-5-6-18(17(11-16)22(24,25)26)30-21(35)33-9-7-32(8-10-33)12-19-27-13-28-31-19/h1-6,11,13H,7-10,12H2,(H,29,34)(H,30,35)(H,27,28,31). The first kappa shape index (κ1) is 24.1. The monoisotopic (exact) mass is 491 g/mol. The van der Waals surface area contributed by atoms with E-state index in [-0.39, 0.29) is 11.3 Å². The van der Waals surface area contributed by atoms with Crippen molar-refractivity contribution in [3.8, 4) is 0 Å². The minimum Gasteiger partial charge on any atom is -0.322 e. The van der Waals surface area contributed by atoms with E-state index in [0.29, 0.717) is 38.5 Å². The van der Waals surface area contributed by atoms with E-state index in [9.17, 15) is 27.2 Å². The molecule has 13 heteroatoms. The maximum atomic E-state index is 13.7. The molecule has 4 rings (SSSR count). The number of nitrogens with zero attached hydrogens (tertiary/aromatic N) is 4. The highest BCUT2D eigenvalue weighted by molar-refractivity contribution is 6.04. The maximum Gasteiger partial charge on any atom is 0.418 e. The third kappa shape index (κ3) is 6.12. The lowest BCUT2D eigenvalue weighted by atomic mass is 10.1. The van der Waals surface area contributed by atoms with Crippen molar-refractivity contribution in [2.24, 2.45) is 0 Å². The van der Waals surface area contributed by atoms with Gasteiger partial charge < -0.3 is 15.5 Å². The summed E-state index contributed by atoms with van der Waals surface area (Å²) in [7, 11) is 0. The Morgan fingerprint density at radius 2 is 1.71 bits per heavy atom. The van der Waals surface area contributed by atoms with Gasteiger partial charge in [-0.25, -0.2) is 14.2 Å². The number of benzene rings is 2. The predicted molar refractivity (Wildman–Crippen MR) is 118 cm³/mol. The van der Waals surface area contributed by atoms with E-state index in [4.69, 9.17) is 0 Å². The Bertz CT molecular complexity index is 1180. The van der Waals surface area contributed by atoms with Crippen LogP contribution in [0.2, 0.25) is 0 Å². The van der Waals surface area contributed by atoms with Crippen LogP contribution in [0.25, 0.3) is 0 Å². The maximum absolute atomic E-state index is 13.7. The third-order valence-electron chi connectivity index (χ3n) is 5.43. The number of piperazine rings is 1. The second kappa shape index (κ2) is 10.1. The molecule has 1 saturated heterocycles. The number of aromatic amines is 1. The number of rotatable bonds is 5. The summed E-state index contributed by atoms with van der Waals surface area (Å²) >= 11 is 0. The number of urea groups is 1. The predicted octanol–water partition coefficient (Wildman–Crippen LogP) is 3.56. The molecule has 0 radical (unpaired) electrons. The average Bonchev–Trinajstić information content (AvgIpc) is 3.33. The van der Waals surface area contributed by atoms with Gasteiger partial charge in [-0.05, 0) is 42.5 Å². The normalized spacial score (nSPS) is 14.6. The Labute approximate surface area is 197 Å². The average molecular weight is 491 g/mol.